The zero-order valence-electron chi connectivity index (χ0n) is 10.0. The van der Waals surface area contributed by atoms with Gasteiger partial charge in [-0.2, -0.15) is 5.10 Å². The first kappa shape index (κ1) is 10.4. The highest BCUT2D eigenvalue weighted by Gasteiger charge is 2.19. The molecule has 1 aliphatic rings. The van der Waals surface area contributed by atoms with Crippen LogP contribution in [0, 0.1) is 0 Å². The van der Waals surface area contributed by atoms with Crippen LogP contribution in [0.3, 0.4) is 0 Å². The summed E-state index contributed by atoms with van der Waals surface area (Å²) in [6.45, 7) is 0. The van der Waals surface area contributed by atoms with Gasteiger partial charge in [-0.25, -0.2) is 4.98 Å². The Kier molecular flexibility index (Phi) is 2.59. The predicted molar refractivity (Wildman–Crippen MR) is 66.2 cm³/mol. The number of rotatable bonds is 3. The number of nitrogens with one attached hydrogen (secondary N) is 1. The van der Waals surface area contributed by atoms with E-state index in [1.54, 1.807) is 4.68 Å². The summed E-state index contributed by atoms with van der Waals surface area (Å²) in [4.78, 5) is 4.38. The molecule has 2 heterocycles. The minimum Gasteiger partial charge on any atom is -0.323 e. The first-order valence-electron chi connectivity index (χ1n) is 6.11. The Labute approximate surface area is 100 Å². The topological polar surface area (TPSA) is 47.7 Å². The van der Waals surface area contributed by atoms with E-state index in [0.717, 1.165) is 11.6 Å². The Morgan fingerprint density at radius 2 is 2.18 bits per heavy atom. The molecule has 2 aromatic heterocycles. The summed E-state index contributed by atoms with van der Waals surface area (Å²) in [5, 5.41) is 7.46. The molecular weight excluding hydrogens is 214 g/mol. The van der Waals surface area contributed by atoms with Gasteiger partial charge in [0.15, 0.2) is 0 Å². The monoisotopic (exact) mass is 231 g/mol. The molecule has 0 bridgehead atoms. The van der Waals surface area contributed by atoms with Gasteiger partial charge in [-0.05, 0) is 12.8 Å². The molecule has 0 atom stereocenters. The van der Waals surface area contributed by atoms with Crippen LogP contribution in [-0.2, 0) is 7.05 Å². The van der Waals surface area contributed by atoms with Crippen LogP contribution in [0.1, 0.15) is 31.7 Å². The number of hydrogen-bond acceptors (Lipinski definition) is 3. The van der Waals surface area contributed by atoms with Crippen LogP contribution in [0.2, 0.25) is 0 Å². The summed E-state index contributed by atoms with van der Waals surface area (Å²) in [5.41, 5.74) is 0.984. The second-order valence-corrected chi connectivity index (χ2v) is 4.62. The van der Waals surface area contributed by atoms with Crippen molar-refractivity contribution >= 4 is 11.6 Å². The third-order valence-electron chi connectivity index (χ3n) is 3.35. The molecule has 90 valence electrons. The van der Waals surface area contributed by atoms with Crippen LogP contribution in [0.5, 0.6) is 0 Å². The van der Waals surface area contributed by atoms with Crippen molar-refractivity contribution < 1.29 is 0 Å². The lowest BCUT2D eigenvalue weighted by molar-refractivity contribution is 0.525. The Morgan fingerprint density at radius 1 is 1.35 bits per heavy atom. The molecule has 2 aromatic rings. The fourth-order valence-electron chi connectivity index (χ4n) is 2.50. The van der Waals surface area contributed by atoms with Crippen molar-refractivity contribution in [1.82, 2.24) is 19.3 Å². The number of hydrogen-bond donors (Lipinski definition) is 1. The van der Waals surface area contributed by atoms with Gasteiger partial charge in [-0.3, -0.25) is 4.68 Å². The fraction of sp³-hybridized carbons (Fsp3) is 0.500. The largest absolute Gasteiger partial charge is 0.323 e. The van der Waals surface area contributed by atoms with Gasteiger partial charge in [0.2, 0.25) is 5.95 Å². The summed E-state index contributed by atoms with van der Waals surface area (Å²) >= 11 is 0. The van der Waals surface area contributed by atoms with Crippen LogP contribution in [0.25, 0.3) is 0 Å². The Bertz CT molecular complexity index is 492. The minimum atomic E-state index is 0.608. The van der Waals surface area contributed by atoms with Crippen molar-refractivity contribution in [2.45, 2.75) is 31.7 Å². The number of aromatic nitrogens is 4. The molecule has 5 heteroatoms. The van der Waals surface area contributed by atoms with Crippen molar-refractivity contribution in [3.05, 3.63) is 24.8 Å². The Hall–Kier alpha value is -1.78. The van der Waals surface area contributed by atoms with E-state index < -0.39 is 0 Å². The van der Waals surface area contributed by atoms with Gasteiger partial charge < -0.3 is 9.88 Å². The summed E-state index contributed by atoms with van der Waals surface area (Å²) in [5.74, 6) is 0.921. The maximum Gasteiger partial charge on any atom is 0.207 e. The molecule has 0 radical (unpaired) electrons. The van der Waals surface area contributed by atoms with Gasteiger partial charge in [0.25, 0.3) is 0 Å². The van der Waals surface area contributed by atoms with E-state index in [2.05, 4.69) is 26.2 Å². The molecule has 3 rings (SSSR count). The average Bonchev–Trinajstić information content (AvgIpc) is 3.00. The maximum atomic E-state index is 4.38. The number of aryl methyl sites for hydroxylation is 1. The molecule has 1 N–H and O–H groups in total. The van der Waals surface area contributed by atoms with E-state index in [0.29, 0.717) is 6.04 Å². The molecule has 17 heavy (non-hydrogen) atoms. The quantitative estimate of drug-likeness (QED) is 0.882. The highest BCUT2D eigenvalue weighted by molar-refractivity contribution is 5.50. The minimum absolute atomic E-state index is 0.608. The van der Waals surface area contributed by atoms with Crippen molar-refractivity contribution in [3.8, 4) is 0 Å². The number of nitrogens with zero attached hydrogens (tertiary/aromatic N) is 4. The average molecular weight is 231 g/mol. The molecule has 0 spiro atoms. The Balaban J connectivity index is 1.81. The predicted octanol–water partition coefficient (Wildman–Crippen LogP) is 2.48. The van der Waals surface area contributed by atoms with Gasteiger partial charge in [-0.1, -0.05) is 12.8 Å². The van der Waals surface area contributed by atoms with Crippen molar-refractivity contribution in [1.29, 1.82) is 0 Å². The summed E-state index contributed by atoms with van der Waals surface area (Å²) < 4.78 is 4.03. The SMILES string of the molecule is Cn1cc(Nc2nccn2C2CCCC2)cn1. The van der Waals surface area contributed by atoms with Crippen LogP contribution in [0.4, 0.5) is 11.6 Å². The summed E-state index contributed by atoms with van der Waals surface area (Å²) in [7, 11) is 1.91. The summed E-state index contributed by atoms with van der Waals surface area (Å²) in [6.07, 6.45) is 12.9. The van der Waals surface area contributed by atoms with E-state index >= 15 is 0 Å². The highest BCUT2D eigenvalue weighted by atomic mass is 15.3. The fourth-order valence-corrected chi connectivity index (χ4v) is 2.50. The molecule has 0 unspecified atom stereocenters. The van der Waals surface area contributed by atoms with Crippen molar-refractivity contribution in [2.75, 3.05) is 5.32 Å². The molecule has 0 aromatic carbocycles. The number of anilines is 2. The molecule has 1 aliphatic carbocycles. The van der Waals surface area contributed by atoms with Crippen LogP contribution in [0.15, 0.2) is 24.8 Å². The van der Waals surface area contributed by atoms with Crippen molar-refractivity contribution in [2.24, 2.45) is 7.05 Å². The standard InChI is InChI=1S/C12H17N5/c1-16-9-10(8-14-16)15-12-13-6-7-17(12)11-4-2-3-5-11/h6-9,11H,2-5H2,1H3,(H,13,15). The van der Waals surface area contributed by atoms with Gasteiger partial charge in [-0.15, -0.1) is 0 Å². The highest BCUT2D eigenvalue weighted by Crippen LogP contribution is 2.32. The van der Waals surface area contributed by atoms with Gasteiger partial charge in [0.1, 0.15) is 0 Å². The molecular formula is C12H17N5. The lowest BCUT2D eigenvalue weighted by Gasteiger charge is -2.14. The molecule has 1 saturated carbocycles. The lowest BCUT2D eigenvalue weighted by atomic mass is 10.2. The van der Waals surface area contributed by atoms with E-state index in [1.807, 2.05) is 25.6 Å². The third kappa shape index (κ3) is 2.05. The Morgan fingerprint density at radius 3 is 2.88 bits per heavy atom. The first-order valence-corrected chi connectivity index (χ1v) is 6.11. The van der Waals surface area contributed by atoms with E-state index in [1.165, 1.54) is 25.7 Å². The molecule has 0 aliphatic heterocycles. The van der Waals surface area contributed by atoms with Crippen molar-refractivity contribution in [3.63, 3.8) is 0 Å². The second-order valence-electron chi connectivity index (χ2n) is 4.62. The first-order chi connectivity index (χ1) is 8.33. The lowest BCUT2D eigenvalue weighted by Crippen LogP contribution is -2.07. The second kappa shape index (κ2) is 4.24. The van der Waals surface area contributed by atoms with E-state index in [4.69, 9.17) is 0 Å². The van der Waals surface area contributed by atoms with Gasteiger partial charge >= 0.3 is 0 Å². The third-order valence-corrected chi connectivity index (χ3v) is 3.35. The van der Waals surface area contributed by atoms with E-state index in [-0.39, 0.29) is 0 Å². The molecule has 0 saturated heterocycles. The zero-order valence-corrected chi connectivity index (χ0v) is 10.0. The normalized spacial score (nSPS) is 16.5. The molecule has 0 amide bonds. The van der Waals surface area contributed by atoms with E-state index in [9.17, 15) is 0 Å². The smallest absolute Gasteiger partial charge is 0.207 e. The molecule has 5 nitrogen and oxygen atoms in total. The zero-order chi connectivity index (χ0) is 11.7. The maximum absolute atomic E-state index is 4.38. The summed E-state index contributed by atoms with van der Waals surface area (Å²) in [6, 6.07) is 0.608. The van der Waals surface area contributed by atoms with Crippen LogP contribution in [-0.4, -0.2) is 19.3 Å². The van der Waals surface area contributed by atoms with Crippen LogP contribution >= 0.6 is 0 Å². The number of imidazole rings is 1. The van der Waals surface area contributed by atoms with Crippen LogP contribution < -0.4 is 5.32 Å². The van der Waals surface area contributed by atoms with Gasteiger partial charge in [0, 0.05) is 31.7 Å². The van der Waals surface area contributed by atoms with Gasteiger partial charge in [0.05, 0.1) is 11.9 Å². The molecule has 1 fully saturated rings.